The zero-order chi connectivity index (χ0) is 19.9. The molecule has 150 valence electrons. The third kappa shape index (κ3) is 5.59. The van der Waals surface area contributed by atoms with Crippen LogP contribution >= 0.6 is 11.6 Å². The summed E-state index contributed by atoms with van der Waals surface area (Å²) in [6.07, 6.45) is 2.35. The maximum Gasteiger partial charge on any atom is 0.191 e. The van der Waals surface area contributed by atoms with Crippen molar-refractivity contribution in [1.29, 1.82) is 0 Å². The van der Waals surface area contributed by atoms with Gasteiger partial charge in [0.15, 0.2) is 5.96 Å². The molecule has 1 aliphatic heterocycles. The van der Waals surface area contributed by atoms with Crippen LogP contribution in [0, 0.1) is 0 Å². The van der Waals surface area contributed by atoms with Gasteiger partial charge in [-0.05, 0) is 37.1 Å². The van der Waals surface area contributed by atoms with Crippen LogP contribution in [0.3, 0.4) is 0 Å². The van der Waals surface area contributed by atoms with Crippen LogP contribution in [0.5, 0.6) is 0 Å². The summed E-state index contributed by atoms with van der Waals surface area (Å²) < 4.78 is 5.79. The Labute approximate surface area is 172 Å². The normalized spacial score (nSPS) is 20.1. The Morgan fingerprint density at radius 3 is 2.50 bits per heavy atom. The number of aromatic nitrogens is 1. The molecule has 1 aromatic carbocycles. The van der Waals surface area contributed by atoms with Crippen molar-refractivity contribution in [2.75, 3.05) is 25.0 Å². The van der Waals surface area contributed by atoms with E-state index in [1.165, 1.54) is 0 Å². The predicted octanol–water partition coefficient (Wildman–Crippen LogP) is 3.21. The fraction of sp³-hybridized carbons (Fsp3) is 0.429. The first kappa shape index (κ1) is 20.4. The fourth-order valence-electron chi connectivity index (χ4n) is 3.30. The molecule has 1 fully saturated rings. The summed E-state index contributed by atoms with van der Waals surface area (Å²) in [4.78, 5) is 11.2. The van der Waals surface area contributed by atoms with E-state index in [1.54, 1.807) is 7.05 Å². The molecular weight excluding hydrogens is 374 g/mol. The minimum absolute atomic E-state index is 0.222. The highest BCUT2D eigenvalue weighted by Crippen LogP contribution is 2.18. The number of morpholine rings is 1. The van der Waals surface area contributed by atoms with Crippen LogP contribution in [0.2, 0.25) is 5.02 Å². The second-order valence-electron chi connectivity index (χ2n) is 7.06. The van der Waals surface area contributed by atoms with Crippen molar-refractivity contribution in [3.05, 3.63) is 58.7 Å². The molecule has 6 nitrogen and oxygen atoms in total. The number of hydrogen-bond acceptors (Lipinski definition) is 4. The number of pyridine rings is 1. The first-order chi connectivity index (χ1) is 13.5. The van der Waals surface area contributed by atoms with Crippen molar-refractivity contribution in [2.45, 2.75) is 39.1 Å². The van der Waals surface area contributed by atoms with Crippen LogP contribution in [0.15, 0.2) is 47.6 Å². The first-order valence-corrected chi connectivity index (χ1v) is 9.96. The molecule has 1 aliphatic rings. The quantitative estimate of drug-likeness (QED) is 0.595. The molecule has 1 saturated heterocycles. The van der Waals surface area contributed by atoms with E-state index in [1.807, 2.05) is 30.5 Å². The molecule has 2 unspecified atom stereocenters. The lowest BCUT2D eigenvalue weighted by Crippen LogP contribution is -2.45. The lowest BCUT2D eigenvalue weighted by atomic mass is 10.2. The molecule has 0 saturated carbocycles. The van der Waals surface area contributed by atoms with Gasteiger partial charge in [-0.15, -0.1) is 0 Å². The van der Waals surface area contributed by atoms with Crippen molar-refractivity contribution in [3.63, 3.8) is 0 Å². The Morgan fingerprint density at radius 1 is 1.14 bits per heavy atom. The highest BCUT2D eigenvalue weighted by molar-refractivity contribution is 6.31. The fourth-order valence-corrected chi connectivity index (χ4v) is 3.50. The summed E-state index contributed by atoms with van der Waals surface area (Å²) in [5.41, 5.74) is 2.13. The predicted molar refractivity (Wildman–Crippen MR) is 115 cm³/mol. The molecule has 2 atom stereocenters. The topological polar surface area (TPSA) is 61.8 Å². The van der Waals surface area contributed by atoms with Gasteiger partial charge in [0.25, 0.3) is 0 Å². The Bertz CT molecular complexity index is 786. The Morgan fingerprint density at radius 2 is 1.86 bits per heavy atom. The van der Waals surface area contributed by atoms with Gasteiger partial charge < -0.3 is 20.3 Å². The molecule has 28 heavy (non-hydrogen) atoms. The molecule has 0 amide bonds. The van der Waals surface area contributed by atoms with E-state index in [4.69, 9.17) is 16.3 Å². The molecule has 1 aromatic heterocycles. The first-order valence-electron chi connectivity index (χ1n) is 9.58. The highest BCUT2D eigenvalue weighted by Gasteiger charge is 2.22. The van der Waals surface area contributed by atoms with E-state index in [-0.39, 0.29) is 12.2 Å². The molecule has 0 spiro atoms. The SMILES string of the molecule is CN=C(NCc1ccc(N2CC(C)OC(C)C2)nc1)NCc1ccccc1Cl. The minimum Gasteiger partial charge on any atom is -0.372 e. The van der Waals surface area contributed by atoms with Gasteiger partial charge in [0.2, 0.25) is 0 Å². The van der Waals surface area contributed by atoms with E-state index in [9.17, 15) is 0 Å². The molecule has 0 aliphatic carbocycles. The van der Waals surface area contributed by atoms with Crippen LogP contribution in [-0.2, 0) is 17.8 Å². The summed E-state index contributed by atoms with van der Waals surface area (Å²) >= 11 is 6.20. The number of aliphatic imine (C=N–C) groups is 1. The van der Waals surface area contributed by atoms with Gasteiger partial charge in [-0.25, -0.2) is 4.98 Å². The molecule has 3 rings (SSSR count). The van der Waals surface area contributed by atoms with E-state index in [0.29, 0.717) is 13.1 Å². The number of ether oxygens (including phenoxy) is 1. The number of anilines is 1. The maximum absolute atomic E-state index is 6.20. The zero-order valence-electron chi connectivity index (χ0n) is 16.7. The second-order valence-corrected chi connectivity index (χ2v) is 7.46. The summed E-state index contributed by atoms with van der Waals surface area (Å²) in [5, 5.41) is 7.34. The minimum atomic E-state index is 0.222. The average Bonchev–Trinajstić information content (AvgIpc) is 2.69. The summed E-state index contributed by atoms with van der Waals surface area (Å²) in [6, 6.07) is 12.0. The number of nitrogens with zero attached hydrogens (tertiary/aromatic N) is 3. The molecule has 0 bridgehead atoms. The summed E-state index contributed by atoms with van der Waals surface area (Å²) in [7, 11) is 1.75. The van der Waals surface area contributed by atoms with Gasteiger partial charge in [-0.2, -0.15) is 0 Å². The van der Waals surface area contributed by atoms with Crippen LogP contribution in [0.1, 0.15) is 25.0 Å². The number of guanidine groups is 1. The van der Waals surface area contributed by atoms with Crippen molar-refractivity contribution < 1.29 is 4.74 Å². The van der Waals surface area contributed by atoms with Gasteiger partial charge in [0.05, 0.1) is 12.2 Å². The molecular formula is C21H28ClN5O. The van der Waals surface area contributed by atoms with E-state index in [2.05, 4.69) is 51.5 Å². The number of nitrogens with one attached hydrogen (secondary N) is 2. The Balaban J connectivity index is 1.51. The van der Waals surface area contributed by atoms with E-state index in [0.717, 1.165) is 41.0 Å². The van der Waals surface area contributed by atoms with Crippen LogP contribution < -0.4 is 15.5 Å². The van der Waals surface area contributed by atoms with Gasteiger partial charge >= 0.3 is 0 Å². The van der Waals surface area contributed by atoms with Crippen molar-refractivity contribution in [3.8, 4) is 0 Å². The van der Waals surface area contributed by atoms with E-state index >= 15 is 0 Å². The van der Waals surface area contributed by atoms with Crippen LogP contribution in [0.25, 0.3) is 0 Å². The molecule has 0 radical (unpaired) electrons. The van der Waals surface area contributed by atoms with Gasteiger partial charge in [-0.3, -0.25) is 4.99 Å². The number of rotatable bonds is 5. The van der Waals surface area contributed by atoms with Crippen LogP contribution in [-0.4, -0.2) is 43.3 Å². The van der Waals surface area contributed by atoms with Crippen molar-refractivity contribution >= 4 is 23.4 Å². The standard InChI is InChI=1S/C21H28ClN5O/c1-15-13-27(14-16(2)28-15)20-9-8-17(10-24-20)11-25-21(23-3)26-12-18-6-4-5-7-19(18)22/h4-10,15-16H,11-14H2,1-3H3,(H2,23,25,26). The molecule has 2 aromatic rings. The molecule has 2 heterocycles. The molecule has 2 N–H and O–H groups in total. The Hall–Kier alpha value is -2.31. The van der Waals surface area contributed by atoms with Gasteiger partial charge in [0.1, 0.15) is 5.82 Å². The highest BCUT2D eigenvalue weighted by atomic mass is 35.5. The smallest absolute Gasteiger partial charge is 0.191 e. The van der Waals surface area contributed by atoms with Gasteiger partial charge in [-0.1, -0.05) is 35.9 Å². The lowest BCUT2D eigenvalue weighted by Gasteiger charge is -2.36. The Kier molecular flexibility index (Phi) is 7.12. The van der Waals surface area contributed by atoms with Crippen molar-refractivity contribution in [1.82, 2.24) is 15.6 Å². The third-order valence-corrected chi connectivity index (χ3v) is 5.01. The van der Waals surface area contributed by atoms with E-state index < -0.39 is 0 Å². The molecule has 7 heteroatoms. The summed E-state index contributed by atoms with van der Waals surface area (Å²) in [6.45, 7) is 7.20. The number of hydrogen-bond donors (Lipinski definition) is 2. The zero-order valence-corrected chi connectivity index (χ0v) is 17.4. The van der Waals surface area contributed by atoms with Gasteiger partial charge in [0, 0.05) is 44.4 Å². The average molecular weight is 402 g/mol. The number of benzene rings is 1. The third-order valence-electron chi connectivity index (χ3n) is 4.64. The second kappa shape index (κ2) is 9.75. The number of halogens is 1. The van der Waals surface area contributed by atoms with Crippen molar-refractivity contribution in [2.24, 2.45) is 4.99 Å². The lowest BCUT2D eigenvalue weighted by molar-refractivity contribution is -0.00545. The maximum atomic E-state index is 6.20. The summed E-state index contributed by atoms with van der Waals surface area (Å²) in [5.74, 6) is 1.71. The monoisotopic (exact) mass is 401 g/mol. The largest absolute Gasteiger partial charge is 0.372 e. The van der Waals surface area contributed by atoms with Crippen LogP contribution in [0.4, 0.5) is 5.82 Å².